The average molecular weight is 403 g/mol. The smallest absolute Gasteiger partial charge is 0.282 e. The van der Waals surface area contributed by atoms with Crippen LogP contribution in [-0.4, -0.2) is 22.4 Å². The molecule has 0 unspecified atom stereocenters. The topological polar surface area (TPSA) is 148 Å². The molecule has 1 aromatic rings. The van der Waals surface area contributed by atoms with Crippen LogP contribution in [0.1, 0.15) is 19.3 Å². The molecular weight excluding hydrogens is 390 g/mol. The van der Waals surface area contributed by atoms with Gasteiger partial charge in [0.05, 0.1) is 51.6 Å². The highest BCUT2D eigenvalue weighted by Crippen LogP contribution is 2.62. The summed E-state index contributed by atoms with van der Waals surface area (Å²) >= 11 is 0.998. The van der Waals surface area contributed by atoms with Crippen molar-refractivity contribution in [2.75, 3.05) is 0 Å². The summed E-state index contributed by atoms with van der Waals surface area (Å²) in [5.41, 5.74) is -2.49. The number of hydrogen-bond acceptors (Lipinski definition) is 8. The molecule has 29 heavy (non-hydrogen) atoms. The van der Waals surface area contributed by atoms with E-state index in [-0.39, 0.29) is 29.2 Å². The van der Waals surface area contributed by atoms with Gasteiger partial charge in [0.15, 0.2) is 10.8 Å². The molecule has 1 saturated heterocycles. The van der Waals surface area contributed by atoms with Crippen LogP contribution in [-0.2, 0) is 4.74 Å². The maximum Gasteiger partial charge on any atom is 0.282 e. The number of fused-ring (bicyclic) bond motifs is 4. The van der Waals surface area contributed by atoms with Gasteiger partial charge in [-0.25, -0.2) is 0 Å². The molecule has 1 aromatic carbocycles. The molecule has 0 aromatic heterocycles. The van der Waals surface area contributed by atoms with Crippen molar-refractivity contribution in [3.05, 3.63) is 45.5 Å². The van der Waals surface area contributed by atoms with Gasteiger partial charge in [-0.1, -0.05) is 12.1 Å². The lowest BCUT2D eigenvalue weighted by Crippen LogP contribution is -2.51. The zero-order chi connectivity index (χ0) is 20.8. The molecule has 2 bridgehead atoms. The van der Waals surface area contributed by atoms with Crippen LogP contribution in [0, 0.1) is 66.3 Å². The van der Waals surface area contributed by atoms with Crippen molar-refractivity contribution in [2.24, 2.45) is 10.8 Å². The summed E-state index contributed by atoms with van der Waals surface area (Å²) in [5.74, 6) is 0. The highest BCUT2D eigenvalue weighted by Gasteiger charge is 2.67. The number of para-hydroxylation sites is 1. The highest BCUT2D eigenvalue weighted by atomic mass is 32.2. The fraction of sp³-hybridized carbons (Fsp3) is 0.400. The van der Waals surface area contributed by atoms with Gasteiger partial charge in [-0.2, -0.15) is 21.0 Å². The van der Waals surface area contributed by atoms with Crippen LogP contribution in [0.5, 0.6) is 0 Å². The summed E-state index contributed by atoms with van der Waals surface area (Å²) in [5, 5.41) is 50.5. The van der Waals surface area contributed by atoms with E-state index in [0.29, 0.717) is 0 Å². The molecular formula is C20H13N5O3S. The molecule has 0 amide bonds. The van der Waals surface area contributed by atoms with E-state index in [1.54, 1.807) is 12.1 Å². The maximum atomic E-state index is 11.5. The second-order valence-corrected chi connectivity index (χ2v) is 8.38. The van der Waals surface area contributed by atoms with E-state index in [1.165, 1.54) is 12.1 Å². The normalized spacial score (nSPS) is 27.8. The predicted molar refractivity (Wildman–Crippen MR) is 99.6 cm³/mol. The number of ether oxygens (including phenoxy) is 1. The minimum Gasteiger partial charge on any atom is -0.366 e. The summed E-state index contributed by atoms with van der Waals surface area (Å²) in [6, 6.07) is 13.9. The quantitative estimate of drug-likeness (QED) is 0.424. The third-order valence-corrected chi connectivity index (χ3v) is 7.41. The molecule has 0 N–H and O–H groups in total. The Morgan fingerprint density at radius 1 is 1.07 bits per heavy atom. The Labute approximate surface area is 170 Å². The molecule has 3 atom stereocenters. The standard InChI is InChI=1S/C20H13N5O3S/c21-8-19(9-22)7-12-14-5-6-15(28-14)17(12)18(20(19,10-23)11-24)29-16-4-2-1-3-13(16)25(26)27/h1-4,14-15,18H,5-7H2/t14-,15+,18+/m0/s1. The average Bonchev–Trinajstić information content (AvgIpc) is 3.35. The summed E-state index contributed by atoms with van der Waals surface area (Å²) in [6.07, 6.45) is 0.917. The van der Waals surface area contributed by atoms with Crippen molar-refractivity contribution in [3.8, 4) is 24.3 Å². The first-order valence-corrected chi connectivity index (χ1v) is 9.78. The Morgan fingerprint density at radius 3 is 2.34 bits per heavy atom. The maximum absolute atomic E-state index is 11.5. The van der Waals surface area contributed by atoms with Crippen LogP contribution >= 0.6 is 11.8 Å². The Hall–Kier alpha value is -3.37. The first-order valence-electron chi connectivity index (χ1n) is 8.90. The second-order valence-electron chi connectivity index (χ2n) is 7.23. The number of nitro benzene ring substituents is 1. The van der Waals surface area contributed by atoms with Crippen LogP contribution in [0.3, 0.4) is 0 Å². The van der Waals surface area contributed by atoms with Crippen molar-refractivity contribution >= 4 is 17.4 Å². The van der Waals surface area contributed by atoms with E-state index >= 15 is 0 Å². The first kappa shape index (κ1) is 19.0. The van der Waals surface area contributed by atoms with Gasteiger partial charge in [0.25, 0.3) is 5.69 Å². The van der Waals surface area contributed by atoms with Gasteiger partial charge in [0, 0.05) is 12.5 Å². The number of benzene rings is 1. The van der Waals surface area contributed by atoms with Gasteiger partial charge in [-0.05, 0) is 30.1 Å². The molecule has 0 saturated carbocycles. The fourth-order valence-corrected chi connectivity index (χ4v) is 6.14. The molecule has 142 valence electrons. The van der Waals surface area contributed by atoms with E-state index in [2.05, 4.69) is 0 Å². The Kier molecular flexibility index (Phi) is 4.32. The molecule has 0 radical (unpaired) electrons. The minimum absolute atomic E-state index is 0.0223. The van der Waals surface area contributed by atoms with E-state index in [0.717, 1.165) is 35.7 Å². The van der Waals surface area contributed by atoms with Crippen LogP contribution < -0.4 is 0 Å². The van der Waals surface area contributed by atoms with E-state index in [4.69, 9.17) is 4.74 Å². The lowest BCUT2D eigenvalue weighted by Gasteiger charge is -2.44. The monoisotopic (exact) mass is 403 g/mol. The first-order chi connectivity index (χ1) is 14.0. The molecule has 9 heteroatoms. The van der Waals surface area contributed by atoms with Gasteiger partial charge in [0.1, 0.15) is 0 Å². The van der Waals surface area contributed by atoms with Crippen molar-refractivity contribution in [1.82, 2.24) is 0 Å². The summed E-state index contributed by atoms with van der Waals surface area (Å²) in [7, 11) is 0. The van der Waals surface area contributed by atoms with Crippen molar-refractivity contribution in [3.63, 3.8) is 0 Å². The van der Waals surface area contributed by atoms with Crippen LogP contribution in [0.25, 0.3) is 0 Å². The molecule has 8 nitrogen and oxygen atoms in total. The van der Waals surface area contributed by atoms with Crippen LogP contribution in [0.4, 0.5) is 5.69 Å². The molecule has 2 heterocycles. The molecule has 2 aliphatic heterocycles. The summed E-state index contributed by atoms with van der Waals surface area (Å²) < 4.78 is 5.97. The SMILES string of the molecule is N#CC1(C#N)CC2=C([C@@H](Sc3ccccc3[N+](=O)[O-])C1(C#N)C#N)[C@H]1CC[C@@H]2O1. The number of hydrogen-bond donors (Lipinski definition) is 0. The van der Waals surface area contributed by atoms with E-state index in [1.807, 2.05) is 24.3 Å². The Balaban J connectivity index is 1.95. The number of nitrogens with zero attached hydrogens (tertiary/aromatic N) is 5. The highest BCUT2D eigenvalue weighted by molar-refractivity contribution is 8.00. The molecule has 3 aliphatic rings. The largest absolute Gasteiger partial charge is 0.366 e. The van der Waals surface area contributed by atoms with E-state index < -0.39 is 21.0 Å². The van der Waals surface area contributed by atoms with Gasteiger partial charge < -0.3 is 4.74 Å². The number of nitriles is 4. The van der Waals surface area contributed by atoms with Crippen LogP contribution in [0.15, 0.2) is 40.3 Å². The van der Waals surface area contributed by atoms with Crippen molar-refractivity contribution in [2.45, 2.75) is 41.6 Å². The molecule has 0 spiro atoms. The van der Waals surface area contributed by atoms with Gasteiger partial charge in [0.2, 0.25) is 0 Å². The summed E-state index contributed by atoms with van der Waals surface area (Å²) in [6.45, 7) is 0. The number of thioether (sulfide) groups is 1. The Bertz CT molecular complexity index is 1090. The zero-order valence-corrected chi connectivity index (χ0v) is 15.8. The number of nitro groups is 1. The molecule has 1 aliphatic carbocycles. The molecule has 1 fully saturated rings. The number of rotatable bonds is 3. The minimum atomic E-state index is -1.99. The van der Waals surface area contributed by atoms with Crippen molar-refractivity contribution in [1.29, 1.82) is 21.0 Å². The van der Waals surface area contributed by atoms with Crippen molar-refractivity contribution < 1.29 is 9.66 Å². The molecule has 4 rings (SSSR count). The lowest BCUT2D eigenvalue weighted by atomic mass is 9.55. The van der Waals surface area contributed by atoms with Gasteiger partial charge >= 0.3 is 0 Å². The summed E-state index contributed by atoms with van der Waals surface area (Å²) in [4.78, 5) is 11.2. The zero-order valence-electron chi connectivity index (χ0n) is 15.0. The predicted octanol–water partition coefficient (Wildman–Crippen LogP) is 3.38. The Morgan fingerprint density at radius 2 is 1.72 bits per heavy atom. The van der Waals surface area contributed by atoms with E-state index in [9.17, 15) is 31.2 Å². The van der Waals surface area contributed by atoms with Crippen LogP contribution in [0.2, 0.25) is 0 Å². The fourth-order valence-electron chi connectivity index (χ4n) is 4.55. The van der Waals surface area contributed by atoms with Gasteiger partial charge in [-0.15, -0.1) is 11.8 Å². The van der Waals surface area contributed by atoms with Gasteiger partial charge in [-0.3, -0.25) is 10.1 Å². The third-order valence-electron chi connectivity index (χ3n) is 5.97. The lowest BCUT2D eigenvalue weighted by molar-refractivity contribution is -0.387. The third kappa shape index (κ3) is 2.39. The second kappa shape index (κ2) is 6.61.